The molecule has 27 heavy (non-hydrogen) atoms. The molecule has 0 unspecified atom stereocenters. The highest BCUT2D eigenvalue weighted by Crippen LogP contribution is 2.35. The third-order valence-electron chi connectivity index (χ3n) is 6.06. The summed E-state index contributed by atoms with van der Waals surface area (Å²) in [5.74, 6) is 1.26. The van der Waals surface area contributed by atoms with Crippen LogP contribution in [0.4, 0.5) is 0 Å². The molecule has 0 radical (unpaired) electrons. The van der Waals surface area contributed by atoms with Crippen molar-refractivity contribution in [3.63, 3.8) is 0 Å². The van der Waals surface area contributed by atoms with E-state index in [0.29, 0.717) is 6.54 Å². The second kappa shape index (κ2) is 6.84. The molecule has 0 N–H and O–H groups in total. The van der Waals surface area contributed by atoms with Gasteiger partial charge in [0.25, 0.3) is 0 Å². The van der Waals surface area contributed by atoms with Gasteiger partial charge in [-0.25, -0.2) is 4.98 Å². The van der Waals surface area contributed by atoms with Crippen molar-refractivity contribution in [1.82, 2.24) is 9.88 Å². The van der Waals surface area contributed by atoms with Crippen LogP contribution in [0.2, 0.25) is 0 Å². The van der Waals surface area contributed by atoms with Gasteiger partial charge in [-0.2, -0.15) is 0 Å². The lowest BCUT2D eigenvalue weighted by molar-refractivity contribution is -0.134. The molecule has 138 valence electrons. The standard InChI is InChI=1S/C23H24N2O2/c26-23(19-11-5-8-16-7-1-2-10-18(16)19)25-14-6-9-17(15-25)22-24-20-12-3-4-13-21(20)27-22/h1-4,7,10,12-13,17,19H,5-6,8-9,11,14-15H2/t17-,19+/m1/s1. The number of oxazole rings is 1. The van der Waals surface area contributed by atoms with Gasteiger partial charge in [-0.05, 0) is 55.4 Å². The van der Waals surface area contributed by atoms with Crippen LogP contribution >= 0.6 is 0 Å². The molecule has 0 spiro atoms. The number of aromatic nitrogens is 1. The van der Waals surface area contributed by atoms with E-state index in [1.54, 1.807) is 0 Å². The SMILES string of the molecule is O=C([C@H]1CCCc2ccccc21)N1CCC[C@@H](c2nc3ccccc3o2)C1. The van der Waals surface area contributed by atoms with Crippen molar-refractivity contribution in [2.75, 3.05) is 13.1 Å². The van der Waals surface area contributed by atoms with Crippen LogP contribution in [-0.2, 0) is 11.2 Å². The summed E-state index contributed by atoms with van der Waals surface area (Å²) in [6.45, 7) is 1.55. The van der Waals surface area contributed by atoms with E-state index in [0.717, 1.165) is 55.6 Å². The van der Waals surface area contributed by atoms with Crippen LogP contribution in [-0.4, -0.2) is 28.9 Å². The Morgan fingerprint density at radius 2 is 1.89 bits per heavy atom. The van der Waals surface area contributed by atoms with Crippen molar-refractivity contribution < 1.29 is 9.21 Å². The molecule has 2 aliphatic rings. The Kier molecular flexibility index (Phi) is 4.19. The number of nitrogens with zero attached hydrogens (tertiary/aromatic N) is 2. The van der Waals surface area contributed by atoms with Crippen LogP contribution in [0.25, 0.3) is 11.1 Å². The average Bonchev–Trinajstić information content (AvgIpc) is 3.17. The number of amides is 1. The maximum Gasteiger partial charge on any atom is 0.230 e. The fourth-order valence-electron chi connectivity index (χ4n) is 4.67. The first-order valence-corrected chi connectivity index (χ1v) is 10.0. The molecule has 1 aliphatic heterocycles. The van der Waals surface area contributed by atoms with Crippen LogP contribution in [0.15, 0.2) is 52.9 Å². The highest BCUT2D eigenvalue weighted by molar-refractivity contribution is 5.84. The van der Waals surface area contributed by atoms with E-state index in [-0.39, 0.29) is 17.7 Å². The molecule has 4 heteroatoms. The smallest absolute Gasteiger partial charge is 0.230 e. The number of likely N-dealkylation sites (tertiary alicyclic amines) is 1. The molecule has 2 atom stereocenters. The summed E-state index contributed by atoms with van der Waals surface area (Å²) in [5, 5.41) is 0. The molecule has 1 amide bonds. The number of fused-ring (bicyclic) bond motifs is 2. The van der Waals surface area contributed by atoms with E-state index >= 15 is 0 Å². The van der Waals surface area contributed by atoms with Crippen molar-refractivity contribution in [2.45, 2.75) is 43.9 Å². The lowest BCUT2D eigenvalue weighted by atomic mass is 9.81. The van der Waals surface area contributed by atoms with E-state index in [1.165, 1.54) is 11.1 Å². The van der Waals surface area contributed by atoms with Crippen molar-refractivity contribution in [1.29, 1.82) is 0 Å². The van der Waals surface area contributed by atoms with Gasteiger partial charge in [-0.15, -0.1) is 0 Å². The summed E-state index contributed by atoms with van der Waals surface area (Å²) in [6.07, 6.45) is 5.17. The molecule has 0 bridgehead atoms. The minimum atomic E-state index is 0.0114. The molecule has 3 aromatic rings. The number of rotatable bonds is 2. The van der Waals surface area contributed by atoms with E-state index in [9.17, 15) is 4.79 Å². The van der Waals surface area contributed by atoms with Crippen molar-refractivity contribution in [3.8, 4) is 0 Å². The second-order valence-electron chi connectivity index (χ2n) is 7.79. The quantitative estimate of drug-likeness (QED) is 0.668. The van der Waals surface area contributed by atoms with Gasteiger partial charge >= 0.3 is 0 Å². The molecular weight excluding hydrogens is 336 g/mol. The average molecular weight is 360 g/mol. The van der Waals surface area contributed by atoms with Gasteiger partial charge < -0.3 is 9.32 Å². The molecule has 2 heterocycles. The minimum absolute atomic E-state index is 0.0114. The van der Waals surface area contributed by atoms with Gasteiger partial charge in [-0.1, -0.05) is 36.4 Å². The molecule has 1 fully saturated rings. The fourth-order valence-corrected chi connectivity index (χ4v) is 4.67. The maximum absolute atomic E-state index is 13.3. The number of hydrogen-bond acceptors (Lipinski definition) is 3. The largest absolute Gasteiger partial charge is 0.440 e. The van der Waals surface area contributed by atoms with Crippen LogP contribution < -0.4 is 0 Å². The lowest BCUT2D eigenvalue weighted by Crippen LogP contribution is -2.42. The highest BCUT2D eigenvalue weighted by Gasteiger charge is 2.34. The predicted molar refractivity (Wildman–Crippen MR) is 105 cm³/mol. The summed E-state index contributed by atoms with van der Waals surface area (Å²) >= 11 is 0. The maximum atomic E-state index is 13.3. The Morgan fingerprint density at radius 3 is 2.81 bits per heavy atom. The molecular formula is C23H24N2O2. The van der Waals surface area contributed by atoms with Gasteiger partial charge in [0.05, 0.1) is 11.8 Å². The van der Waals surface area contributed by atoms with E-state index in [2.05, 4.69) is 34.1 Å². The summed E-state index contributed by atoms with van der Waals surface area (Å²) in [4.78, 5) is 20.1. The molecule has 4 nitrogen and oxygen atoms in total. The van der Waals surface area contributed by atoms with Gasteiger partial charge in [-0.3, -0.25) is 4.79 Å². The van der Waals surface area contributed by atoms with E-state index < -0.39 is 0 Å². The Bertz CT molecular complexity index is 944. The van der Waals surface area contributed by atoms with Crippen molar-refractivity contribution in [3.05, 3.63) is 65.5 Å². The zero-order valence-electron chi connectivity index (χ0n) is 15.4. The molecule has 1 saturated heterocycles. The third kappa shape index (κ3) is 3.03. The number of hydrogen-bond donors (Lipinski definition) is 0. The van der Waals surface area contributed by atoms with E-state index in [1.807, 2.05) is 24.3 Å². The first kappa shape index (κ1) is 16.5. The molecule has 5 rings (SSSR count). The van der Waals surface area contributed by atoms with Crippen molar-refractivity contribution in [2.24, 2.45) is 0 Å². The Morgan fingerprint density at radius 1 is 1.04 bits per heavy atom. The second-order valence-corrected chi connectivity index (χ2v) is 7.79. The monoisotopic (exact) mass is 360 g/mol. The summed E-state index contributed by atoms with van der Waals surface area (Å²) in [5.41, 5.74) is 4.31. The Balaban J connectivity index is 1.37. The first-order chi connectivity index (χ1) is 13.3. The summed E-state index contributed by atoms with van der Waals surface area (Å²) < 4.78 is 5.99. The number of aryl methyl sites for hydroxylation is 1. The molecule has 0 saturated carbocycles. The van der Waals surface area contributed by atoms with Gasteiger partial charge in [0.15, 0.2) is 11.5 Å². The Hall–Kier alpha value is -2.62. The van der Waals surface area contributed by atoms with Crippen LogP contribution in [0.1, 0.15) is 54.5 Å². The highest BCUT2D eigenvalue weighted by atomic mass is 16.3. The molecule has 1 aromatic heterocycles. The fraction of sp³-hybridized carbons (Fsp3) is 0.391. The van der Waals surface area contributed by atoms with Gasteiger partial charge in [0.1, 0.15) is 5.52 Å². The predicted octanol–water partition coefficient (Wildman–Crippen LogP) is 4.65. The number of piperidine rings is 1. The van der Waals surface area contributed by atoms with Crippen LogP contribution in [0.3, 0.4) is 0 Å². The number of carbonyl (C=O) groups excluding carboxylic acids is 1. The van der Waals surface area contributed by atoms with E-state index in [4.69, 9.17) is 4.42 Å². The molecule has 1 aliphatic carbocycles. The van der Waals surface area contributed by atoms with Gasteiger partial charge in [0, 0.05) is 13.1 Å². The topological polar surface area (TPSA) is 46.3 Å². The first-order valence-electron chi connectivity index (χ1n) is 10.0. The lowest BCUT2D eigenvalue weighted by Gasteiger charge is -2.35. The number of carbonyl (C=O) groups is 1. The third-order valence-corrected chi connectivity index (χ3v) is 6.06. The van der Waals surface area contributed by atoms with Crippen LogP contribution in [0, 0.1) is 0 Å². The molecule has 2 aromatic carbocycles. The van der Waals surface area contributed by atoms with Crippen LogP contribution in [0.5, 0.6) is 0 Å². The Labute approximate surface area is 159 Å². The normalized spacial score (nSPS) is 22.6. The zero-order chi connectivity index (χ0) is 18.2. The zero-order valence-corrected chi connectivity index (χ0v) is 15.4. The summed E-state index contributed by atoms with van der Waals surface area (Å²) in [6, 6.07) is 16.3. The van der Waals surface area contributed by atoms with Crippen molar-refractivity contribution >= 4 is 17.0 Å². The minimum Gasteiger partial charge on any atom is -0.440 e. The van der Waals surface area contributed by atoms with Gasteiger partial charge in [0.2, 0.25) is 5.91 Å². The number of para-hydroxylation sites is 2. The number of benzene rings is 2. The summed E-state index contributed by atoms with van der Waals surface area (Å²) in [7, 11) is 0.